The van der Waals surface area contributed by atoms with Crippen LogP contribution in [0, 0.1) is 0 Å². The number of hydrogen-bond donors (Lipinski definition) is 2. The fourth-order valence-electron chi connectivity index (χ4n) is 5.25. The van der Waals surface area contributed by atoms with E-state index >= 15 is 0 Å². The van der Waals surface area contributed by atoms with Gasteiger partial charge in [-0.3, -0.25) is 4.98 Å². The van der Waals surface area contributed by atoms with E-state index in [1.54, 1.807) is 0 Å². The third-order valence-electron chi connectivity index (χ3n) is 6.86. The molecule has 1 fully saturated rings. The molecule has 2 heterocycles. The molecule has 2 N–H and O–H groups in total. The van der Waals surface area contributed by atoms with Crippen molar-refractivity contribution in [2.75, 3.05) is 6.61 Å². The number of para-hydroxylation sites is 2. The highest BCUT2D eigenvalue weighted by atomic mass is 16.7. The first-order valence-corrected chi connectivity index (χ1v) is 12.4. The number of aryl methyl sites for hydroxylation is 1. The van der Waals surface area contributed by atoms with Crippen molar-refractivity contribution in [1.82, 2.24) is 9.97 Å². The first-order valence-electron chi connectivity index (χ1n) is 12.4. The van der Waals surface area contributed by atoms with Crippen molar-refractivity contribution in [1.29, 1.82) is 0 Å². The molecule has 1 saturated carbocycles. The number of aromatic nitrogens is 2. The van der Waals surface area contributed by atoms with Crippen LogP contribution >= 0.6 is 0 Å². The van der Waals surface area contributed by atoms with E-state index in [0.29, 0.717) is 18.9 Å². The zero-order valence-electron chi connectivity index (χ0n) is 19.7. The average Bonchev–Trinajstić information content (AvgIpc) is 3.24. The highest BCUT2D eigenvalue weighted by Gasteiger charge is 2.22. The Balaban J connectivity index is 1.47. The van der Waals surface area contributed by atoms with Crippen LogP contribution in [0.3, 0.4) is 0 Å². The predicted octanol–water partition coefficient (Wildman–Crippen LogP) is 7.35. The number of rotatable bonds is 8. The Morgan fingerprint density at radius 3 is 2.63 bits per heavy atom. The Morgan fingerprint density at radius 2 is 1.83 bits per heavy atom. The van der Waals surface area contributed by atoms with Crippen LogP contribution in [0.5, 0.6) is 11.6 Å². The fourth-order valence-corrected chi connectivity index (χ4v) is 5.25. The number of H-pyrrole nitrogens is 1. The van der Waals surface area contributed by atoms with Crippen LogP contribution in [0.2, 0.25) is 0 Å². The van der Waals surface area contributed by atoms with E-state index in [-0.39, 0.29) is 5.88 Å². The summed E-state index contributed by atoms with van der Waals surface area (Å²) in [7, 11) is 0. The van der Waals surface area contributed by atoms with Gasteiger partial charge >= 0.3 is 6.16 Å². The molecule has 0 radical (unpaired) electrons. The summed E-state index contributed by atoms with van der Waals surface area (Å²) in [5.41, 5.74) is 5.18. The van der Waals surface area contributed by atoms with E-state index in [1.807, 2.05) is 54.9 Å². The summed E-state index contributed by atoms with van der Waals surface area (Å²) in [5.74, 6) is 1.63. The van der Waals surface area contributed by atoms with Crippen LogP contribution in [-0.4, -0.2) is 27.8 Å². The van der Waals surface area contributed by atoms with E-state index in [0.717, 1.165) is 39.8 Å². The summed E-state index contributed by atoms with van der Waals surface area (Å²) in [5, 5.41) is 10.3. The first-order chi connectivity index (χ1) is 17.2. The summed E-state index contributed by atoms with van der Waals surface area (Å²) in [4.78, 5) is 19.2. The van der Waals surface area contributed by atoms with Crippen molar-refractivity contribution in [3.05, 3.63) is 78.1 Å². The van der Waals surface area contributed by atoms with Gasteiger partial charge < -0.3 is 19.6 Å². The first kappa shape index (κ1) is 23.0. The topological polar surface area (TPSA) is 84.4 Å². The molecule has 35 heavy (non-hydrogen) atoms. The Bertz CT molecular complexity index is 1290. The maximum atomic E-state index is 11.5. The molecule has 2 aromatic heterocycles. The summed E-state index contributed by atoms with van der Waals surface area (Å²) in [6, 6.07) is 18.0. The third-order valence-corrected chi connectivity index (χ3v) is 6.86. The Labute approximate surface area is 204 Å². The standard InChI is InChI=1S/C29H30N2O4/c32-29(33)35-28-25(15-8-18-34-21-11-5-2-6-12-21)23-13-7-14-24(27(23)31-28)26-19-30-17-16-22(26)20-9-3-1-4-10-20/h2,5-7,11-14,16-17,19-20,31H,1,3-4,8-10,15,18H2,(H,32,33). The van der Waals surface area contributed by atoms with Gasteiger partial charge in [0.25, 0.3) is 0 Å². The van der Waals surface area contributed by atoms with Gasteiger partial charge in [0.05, 0.1) is 12.1 Å². The molecular formula is C29H30N2O4. The van der Waals surface area contributed by atoms with Crippen LogP contribution in [0.15, 0.2) is 67.0 Å². The number of hydrogen-bond acceptors (Lipinski definition) is 4. The number of carbonyl (C=O) groups is 1. The molecule has 2 aromatic carbocycles. The number of ether oxygens (including phenoxy) is 2. The minimum atomic E-state index is -1.33. The van der Waals surface area contributed by atoms with Crippen molar-refractivity contribution in [2.24, 2.45) is 0 Å². The molecule has 5 rings (SSSR count). The second kappa shape index (κ2) is 10.6. The monoisotopic (exact) mass is 470 g/mol. The number of nitrogens with one attached hydrogen (secondary N) is 1. The summed E-state index contributed by atoms with van der Waals surface area (Å²) in [6.07, 6.45) is 10.0. The normalized spacial score (nSPS) is 14.2. The molecule has 4 aromatic rings. The molecule has 0 aliphatic heterocycles. The molecule has 0 unspecified atom stereocenters. The van der Waals surface area contributed by atoms with Gasteiger partial charge in [-0.15, -0.1) is 0 Å². The molecule has 6 heteroatoms. The molecular weight excluding hydrogens is 440 g/mol. The lowest BCUT2D eigenvalue weighted by Gasteiger charge is -2.24. The number of aromatic amines is 1. The number of fused-ring (bicyclic) bond motifs is 1. The fraction of sp³-hybridized carbons (Fsp3) is 0.310. The van der Waals surface area contributed by atoms with Crippen molar-refractivity contribution >= 4 is 17.1 Å². The van der Waals surface area contributed by atoms with Crippen LogP contribution in [-0.2, 0) is 6.42 Å². The summed E-state index contributed by atoms with van der Waals surface area (Å²) >= 11 is 0. The van der Waals surface area contributed by atoms with E-state index in [9.17, 15) is 9.90 Å². The van der Waals surface area contributed by atoms with Gasteiger partial charge in [0, 0.05) is 34.5 Å². The molecule has 0 saturated heterocycles. The van der Waals surface area contributed by atoms with Crippen LogP contribution in [0.4, 0.5) is 4.79 Å². The smallest absolute Gasteiger partial charge is 0.494 e. The molecule has 0 spiro atoms. The van der Waals surface area contributed by atoms with Crippen molar-refractivity contribution in [3.8, 4) is 22.8 Å². The SMILES string of the molecule is O=C(O)Oc1[nH]c2c(-c3cnccc3C3CCCCC3)cccc2c1CCCOc1ccccc1. The highest BCUT2D eigenvalue weighted by Crippen LogP contribution is 2.41. The molecule has 0 amide bonds. The lowest BCUT2D eigenvalue weighted by Crippen LogP contribution is -2.06. The van der Waals surface area contributed by atoms with Gasteiger partial charge in [-0.1, -0.05) is 55.7 Å². The maximum absolute atomic E-state index is 11.5. The highest BCUT2D eigenvalue weighted by molar-refractivity contribution is 5.98. The minimum absolute atomic E-state index is 0.280. The Morgan fingerprint density at radius 1 is 1.00 bits per heavy atom. The quantitative estimate of drug-likeness (QED) is 0.208. The average molecular weight is 471 g/mol. The Kier molecular flexibility index (Phi) is 6.98. The number of nitrogens with zero attached hydrogens (tertiary/aromatic N) is 1. The summed E-state index contributed by atoms with van der Waals surface area (Å²) < 4.78 is 11.0. The molecule has 1 aliphatic rings. The molecule has 0 bridgehead atoms. The molecule has 0 atom stereocenters. The molecule has 1 aliphatic carbocycles. The third kappa shape index (κ3) is 5.16. The van der Waals surface area contributed by atoms with Gasteiger partial charge in [-0.2, -0.15) is 0 Å². The zero-order chi connectivity index (χ0) is 24.0. The van der Waals surface area contributed by atoms with Gasteiger partial charge in [0.1, 0.15) is 5.75 Å². The van der Waals surface area contributed by atoms with Crippen LogP contribution in [0.1, 0.15) is 55.6 Å². The maximum Gasteiger partial charge on any atom is 0.512 e. The largest absolute Gasteiger partial charge is 0.512 e. The zero-order valence-corrected chi connectivity index (χ0v) is 19.7. The number of carboxylic acid groups (broad SMARTS) is 1. The lowest BCUT2D eigenvalue weighted by atomic mass is 9.81. The summed E-state index contributed by atoms with van der Waals surface area (Å²) in [6.45, 7) is 0.525. The molecule has 6 nitrogen and oxygen atoms in total. The van der Waals surface area contributed by atoms with Gasteiger partial charge in [0.2, 0.25) is 5.88 Å². The van der Waals surface area contributed by atoms with Crippen molar-refractivity contribution in [2.45, 2.75) is 50.9 Å². The van der Waals surface area contributed by atoms with E-state index in [4.69, 9.17) is 9.47 Å². The van der Waals surface area contributed by atoms with Gasteiger partial charge in [-0.05, 0) is 55.4 Å². The van der Waals surface area contributed by atoms with E-state index in [2.05, 4.69) is 22.1 Å². The van der Waals surface area contributed by atoms with Crippen molar-refractivity contribution in [3.63, 3.8) is 0 Å². The van der Waals surface area contributed by atoms with Crippen LogP contribution in [0.25, 0.3) is 22.0 Å². The van der Waals surface area contributed by atoms with Crippen molar-refractivity contribution < 1.29 is 19.4 Å². The molecule has 180 valence electrons. The number of benzene rings is 2. The van der Waals surface area contributed by atoms with Gasteiger partial charge in [0.15, 0.2) is 0 Å². The van der Waals surface area contributed by atoms with E-state index < -0.39 is 6.16 Å². The van der Waals surface area contributed by atoms with Crippen LogP contribution < -0.4 is 9.47 Å². The van der Waals surface area contributed by atoms with Gasteiger partial charge in [-0.25, -0.2) is 4.79 Å². The second-order valence-electron chi connectivity index (χ2n) is 9.09. The number of pyridine rings is 1. The Hall–Kier alpha value is -3.80. The van der Waals surface area contributed by atoms with E-state index in [1.165, 1.54) is 37.7 Å². The lowest BCUT2D eigenvalue weighted by molar-refractivity contribution is 0.142. The minimum Gasteiger partial charge on any atom is -0.494 e. The second-order valence-corrected chi connectivity index (χ2v) is 9.09. The predicted molar refractivity (Wildman–Crippen MR) is 136 cm³/mol.